The number of rotatable bonds is 6. The van der Waals surface area contributed by atoms with Crippen LogP contribution in [0.15, 0.2) is 24.3 Å². The topological polar surface area (TPSA) is 55.1 Å². The molecule has 0 bridgehead atoms. The molecule has 0 aromatic heterocycles. The van der Waals surface area contributed by atoms with Crippen molar-refractivity contribution >= 4 is 41.7 Å². The summed E-state index contributed by atoms with van der Waals surface area (Å²) in [5, 5.41) is 3.54. The van der Waals surface area contributed by atoms with E-state index in [1.165, 1.54) is 0 Å². The number of amides is 1. The summed E-state index contributed by atoms with van der Waals surface area (Å²) in [7, 11) is 0. The minimum atomic E-state index is -0.365. The van der Waals surface area contributed by atoms with Crippen molar-refractivity contribution in [1.29, 1.82) is 0 Å². The average molecular weight is 323 g/mol. The lowest BCUT2D eigenvalue weighted by Gasteiger charge is -2.18. The number of hydrogen-bond donors (Lipinski definition) is 2. The number of nitrogens with two attached hydrogens (primary N) is 1. The molecule has 1 aromatic rings. The van der Waals surface area contributed by atoms with E-state index in [2.05, 4.69) is 5.32 Å². The summed E-state index contributed by atoms with van der Waals surface area (Å²) in [4.78, 5) is 11.5. The van der Waals surface area contributed by atoms with E-state index < -0.39 is 0 Å². The van der Waals surface area contributed by atoms with E-state index in [4.69, 9.17) is 17.3 Å². The Morgan fingerprint density at radius 2 is 1.95 bits per heavy atom. The molecule has 1 rings (SSSR count). The van der Waals surface area contributed by atoms with Gasteiger partial charge in [-0.05, 0) is 31.5 Å². The van der Waals surface area contributed by atoms with Crippen molar-refractivity contribution in [2.75, 3.05) is 12.3 Å². The van der Waals surface area contributed by atoms with Gasteiger partial charge in [-0.15, -0.1) is 24.2 Å². The first kappa shape index (κ1) is 18.6. The van der Waals surface area contributed by atoms with Gasteiger partial charge in [0.2, 0.25) is 5.91 Å². The van der Waals surface area contributed by atoms with Gasteiger partial charge in [0, 0.05) is 22.9 Å². The summed E-state index contributed by atoms with van der Waals surface area (Å²) in [6.07, 6.45) is 0. The first-order chi connectivity index (χ1) is 8.37. The Morgan fingerprint density at radius 3 is 2.47 bits per heavy atom. The second kappa shape index (κ2) is 8.69. The van der Waals surface area contributed by atoms with E-state index in [0.29, 0.717) is 12.3 Å². The van der Waals surface area contributed by atoms with Gasteiger partial charge in [0.25, 0.3) is 0 Å². The van der Waals surface area contributed by atoms with Crippen molar-refractivity contribution in [3.05, 3.63) is 34.9 Å². The Kier molecular flexibility index (Phi) is 8.50. The third kappa shape index (κ3) is 9.16. The van der Waals surface area contributed by atoms with Crippen molar-refractivity contribution in [3.8, 4) is 0 Å². The van der Waals surface area contributed by atoms with Crippen LogP contribution in [-0.2, 0) is 10.5 Å². The van der Waals surface area contributed by atoms with E-state index in [9.17, 15) is 4.79 Å². The van der Waals surface area contributed by atoms with Crippen LogP contribution in [0.25, 0.3) is 0 Å². The maximum atomic E-state index is 11.5. The van der Waals surface area contributed by atoms with Crippen LogP contribution in [0.5, 0.6) is 0 Å². The molecule has 1 amide bonds. The second-order valence-electron chi connectivity index (χ2n) is 4.88. The molecule has 1 aromatic carbocycles. The predicted molar refractivity (Wildman–Crippen MR) is 86.1 cm³/mol. The molecule has 0 atom stereocenters. The second-order valence-corrected chi connectivity index (χ2v) is 6.31. The van der Waals surface area contributed by atoms with Crippen molar-refractivity contribution in [1.82, 2.24) is 5.32 Å². The van der Waals surface area contributed by atoms with E-state index in [1.54, 1.807) is 11.8 Å². The molecule has 3 N–H and O–H groups in total. The van der Waals surface area contributed by atoms with Crippen LogP contribution in [-0.4, -0.2) is 23.7 Å². The molecule has 0 fully saturated rings. The molecule has 108 valence electrons. The molecule has 19 heavy (non-hydrogen) atoms. The maximum Gasteiger partial charge on any atom is 0.230 e. The molecular weight excluding hydrogens is 303 g/mol. The fraction of sp³-hybridized carbons (Fsp3) is 0.462. The largest absolute Gasteiger partial charge is 0.354 e. The number of halogens is 2. The van der Waals surface area contributed by atoms with Crippen LogP contribution >= 0.6 is 35.8 Å². The highest BCUT2D eigenvalue weighted by Gasteiger charge is 2.11. The Hall–Kier alpha value is -0.420. The molecule has 6 heteroatoms. The third-order valence-electron chi connectivity index (χ3n) is 2.16. The van der Waals surface area contributed by atoms with Crippen LogP contribution in [0.2, 0.25) is 5.02 Å². The van der Waals surface area contributed by atoms with Gasteiger partial charge in [0.1, 0.15) is 0 Å². The Morgan fingerprint density at radius 1 is 1.37 bits per heavy atom. The molecule has 0 heterocycles. The molecule has 0 aliphatic rings. The highest BCUT2D eigenvalue weighted by molar-refractivity contribution is 7.99. The number of nitrogens with one attached hydrogen (secondary N) is 1. The lowest BCUT2D eigenvalue weighted by Crippen LogP contribution is -2.45. The zero-order valence-electron chi connectivity index (χ0n) is 11.1. The van der Waals surface area contributed by atoms with Gasteiger partial charge in [0.15, 0.2) is 0 Å². The van der Waals surface area contributed by atoms with Gasteiger partial charge in [-0.2, -0.15) is 0 Å². The lowest BCUT2D eigenvalue weighted by atomic mass is 10.1. The molecular formula is C13H20Cl2N2OS. The fourth-order valence-electron chi connectivity index (χ4n) is 1.22. The number of carbonyl (C=O) groups is 1. The molecule has 0 spiro atoms. The van der Waals surface area contributed by atoms with Crippen molar-refractivity contribution in [2.45, 2.75) is 25.1 Å². The smallest absolute Gasteiger partial charge is 0.230 e. The third-order valence-corrected chi connectivity index (χ3v) is 3.41. The summed E-state index contributed by atoms with van der Waals surface area (Å²) in [6, 6.07) is 7.65. The van der Waals surface area contributed by atoms with Gasteiger partial charge >= 0.3 is 0 Å². The first-order valence-electron chi connectivity index (χ1n) is 5.74. The first-order valence-corrected chi connectivity index (χ1v) is 7.28. The van der Waals surface area contributed by atoms with Gasteiger partial charge in [0.05, 0.1) is 5.75 Å². The van der Waals surface area contributed by atoms with E-state index in [-0.39, 0.29) is 23.9 Å². The monoisotopic (exact) mass is 322 g/mol. The molecule has 3 nitrogen and oxygen atoms in total. The molecule has 0 unspecified atom stereocenters. The molecule has 0 saturated heterocycles. The summed E-state index contributed by atoms with van der Waals surface area (Å²) >= 11 is 7.37. The number of benzene rings is 1. The highest BCUT2D eigenvalue weighted by atomic mass is 35.5. The zero-order valence-corrected chi connectivity index (χ0v) is 13.5. The minimum absolute atomic E-state index is 0. The number of hydrogen-bond acceptors (Lipinski definition) is 3. The van der Waals surface area contributed by atoms with Crippen molar-refractivity contribution in [3.63, 3.8) is 0 Å². The summed E-state index contributed by atoms with van der Waals surface area (Å²) in [5.41, 5.74) is 6.58. The normalized spacial score (nSPS) is 10.7. The van der Waals surface area contributed by atoms with Gasteiger partial charge in [-0.1, -0.05) is 23.7 Å². The van der Waals surface area contributed by atoms with E-state index in [0.717, 1.165) is 16.3 Å². The Bertz CT molecular complexity index is 391. The highest BCUT2D eigenvalue weighted by Crippen LogP contribution is 2.15. The van der Waals surface area contributed by atoms with Gasteiger partial charge in [-0.25, -0.2) is 0 Å². The quantitative estimate of drug-likeness (QED) is 0.846. The Labute approximate surface area is 130 Å². The molecule has 0 saturated carbocycles. The zero-order chi connectivity index (χ0) is 13.6. The molecule has 0 radical (unpaired) electrons. The summed E-state index contributed by atoms with van der Waals surface area (Å²) in [6.45, 7) is 4.26. The standard InChI is InChI=1S/C13H19ClN2OS.ClH/c1-13(2,15)9-16-12(17)8-18-7-10-3-5-11(14)6-4-10;/h3-6H,7-9,15H2,1-2H3,(H,16,17);1H. The van der Waals surface area contributed by atoms with Crippen molar-refractivity contribution in [2.24, 2.45) is 5.73 Å². The lowest BCUT2D eigenvalue weighted by molar-refractivity contribution is -0.118. The summed E-state index contributed by atoms with van der Waals surface area (Å²) in [5.74, 6) is 1.27. The minimum Gasteiger partial charge on any atom is -0.354 e. The van der Waals surface area contributed by atoms with E-state index in [1.807, 2.05) is 38.1 Å². The van der Waals surface area contributed by atoms with Crippen LogP contribution in [0, 0.1) is 0 Å². The predicted octanol–water partition coefficient (Wildman–Crippen LogP) is 2.85. The summed E-state index contributed by atoms with van der Waals surface area (Å²) < 4.78 is 0. The van der Waals surface area contributed by atoms with Crippen LogP contribution < -0.4 is 11.1 Å². The molecule has 0 aliphatic carbocycles. The average Bonchev–Trinajstić information content (AvgIpc) is 2.28. The Balaban J connectivity index is 0.00000324. The number of thioether (sulfide) groups is 1. The van der Waals surface area contributed by atoms with Gasteiger partial charge in [-0.3, -0.25) is 4.79 Å². The van der Waals surface area contributed by atoms with Gasteiger partial charge < -0.3 is 11.1 Å². The number of carbonyl (C=O) groups excluding carboxylic acids is 1. The van der Waals surface area contributed by atoms with Crippen LogP contribution in [0.3, 0.4) is 0 Å². The molecule has 0 aliphatic heterocycles. The van der Waals surface area contributed by atoms with Crippen molar-refractivity contribution < 1.29 is 4.79 Å². The van der Waals surface area contributed by atoms with Crippen LogP contribution in [0.1, 0.15) is 19.4 Å². The fourth-order valence-corrected chi connectivity index (χ4v) is 2.16. The SMILES string of the molecule is CC(C)(N)CNC(=O)CSCc1ccc(Cl)cc1.Cl. The van der Waals surface area contributed by atoms with E-state index >= 15 is 0 Å². The maximum absolute atomic E-state index is 11.5. The van der Waals surface area contributed by atoms with Crippen LogP contribution in [0.4, 0.5) is 0 Å².